The number of hydrogen-bond acceptors (Lipinski definition) is 6. The van der Waals surface area contributed by atoms with Gasteiger partial charge in [0.25, 0.3) is 5.91 Å². The number of carbonyl (C=O) groups is 2. The fourth-order valence-corrected chi connectivity index (χ4v) is 4.63. The molecule has 1 amide bonds. The lowest BCUT2D eigenvalue weighted by molar-refractivity contribution is 0.0403. The van der Waals surface area contributed by atoms with Gasteiger partial charge in [-0.1, -0.05) is 16.8 Å². The van der Waals surface area contributed by atoms with Crippen molar-refractivity contribution in [3.05, 3.63) is 53.0 Å². The van der Waals surface area contributed by atoms with Crippen LogP contribution in [0.15, 0.2) is 35.0 Å². The van der Waals surface area contributed by atoms with Gasteiger partial charge in [-0.15, -0.1) is 0 Å². The molecule has 1 saturated heterocycles. The topological polar surface area (TPSA) is 90.5 Å². The quantitative estimate of drug-likeness (QED) is 0.626. The Balaban J connectivity index is 1.30. The molecular weight excluding hydrogens is 408 g/mol. The third kappa shape index (κ3) is 3.59. The lowest BCUT2D eigenvalue weighted by atomic mass is 9.86. The summed E-state index contributed by atoms with van der Waals surface area (Å²) in [6, 6.07) is 7.39. The summed E-state index contributed by atoms with van der Waals surface area (Å²) in [6.45, 7) is 5.09. The van der Waals surface area contributed by atoms with Crippen molar-refractivity contribution in [2.45, 2.75) is 39.2 Å². The normalized spacial score (nSPS) is 20.7. The van der Waals surface area contributed by atoms with E-state index in [0.717, 1.165) is 29.7 Å². The molecule has 0 radical (unpaired) electrons. The maximum atomic E-state index is 13.1. The maximum absolute atomic E-state index is 13.1. The van der Waals surface area contributed by atoms with E-state index in [0.29, 0.717) is 36.6 Å². The standard InChI is InChI=1S/C24H26N4O4/c1-14-6-7-21-17(9-14)20(29)11-22(31-21)16-5-4-8-28(13-16)24(30)19-10-23(32-26-19)18-12-25-27(3)15(18)2/h6-7,9-10,12,16,22H,4-5,8,11,13H2,1-3H3. The lowest BCUT2D eigenvalue weighted by Gasteiger charge is -2.38. The van der Waals surface area contributed by atoms with Crippen molar-refractivity contribution in [1.29, 1.82) is 0 Å². The lowest BCUT2D eigenvalue weighted by Crippen LogP contribution is -2.46. The fourth-order valence-electron chi connectivity index (χ4n) is 4.63. The van der Waals surface area contributed by atoms with Crippen LogP contribution in [-0.2, 0) is 7.05 Å². The zero-order chi connectivity index (χ0) is 22.4. The fraction of sp³-hybridized carbons (Fsp3) is 0.417. The average Bonchev–Trinajstić information content (AvgIpc) is 3.41. The van der Waals surface area contributed by atoms with Crippen LogP contribution in [0.1, 0.15) is 51.4 Å². The molecule has 2 atom stereocenters. The van der Waals surface area contributed by atoms with E-state index < -0.39 is 0 Å². The summed E-state index contributed by atoms with van der Waals surface area (Å²) >= 11 is 0. The number of nitrogens with zero attached hydrogens (tertiary/aromatic N) is 4. The number of benzene rings is 1. The molecule has 8 nitrogen and oxygen atoms in total. The number of piperidine rings is 1. The summed E-state index contributed by atoms with van der Waals surface area (Å²) in [5.41, 5.74) is 3.74. The minimum absolute atomic E-state index is 0.0954. The van der Waals surface area contributed by atoms with Crippen LogP contribution in [0.25, 0.3) is 11.3 Å². The highest BCUT2D eigenvalue weighted by Gasteiger charge is 2.36. The molecule has 1 aromatic carbocycles. The molecule has 4 heterocycles. The predicted octanol–water partition coefficient (Wildman–Crippen LogP) is 3.58. The van der Waals surface area contributed by atoms with Gasteiger partial charge in [-0.05, 0) is 38.8 Å². The van der Waals surface area contributed by atoms with E-state index >= 15 is 0 Å². The van der Waals surface area contributed by atoms with Crippen LogP contribution in [0.2, 0.25) is 0 Å². The van der Waals surface area contributed by atoms with Gasteiger partial charge in [-0.2, -0.15) is 5.10 Å². The first kappa shape index (κ1) is 20.5. The third-order valence-electron chi connectivity index (χ3n) is 6.60. The van der Waals surface area contributed by atoms with Crippen LogP contribution < -0.4 is 4.74 Å². The smallest absolute Gasteiger partial charge is 0.276 e. The molecule has 5 rings (SSSR count). The summed E-state index contributed by atoms with van der Waals surface area (Å²) in [6.07, 6.45) is 3.61. The van der Waals surface area contributed by atoms with Gasteiger partial charge in [0, 0.05) is 44.2 Å². The van der Waals surface area contributed by atoms with E-state index in [9.17, 15) is 9.59 Å². The second-order valence-corrected chi connectivity index (χ2v) is 8.78. The Hall–Kier alpha value is -3.42. The molecule has 2 aliphatic heterocycles. The number of ketones is 1. The number of hydrogen-bond donors (Lipinski definition) is 0. The van der Waals surface area contributed by atoms with E-state index in [-0.39, 0.29) is 29.4 Å². The van der Waals surface area contributed by atoms with Crippen LogP contribution in [-0.4, -0.2) is 50.7 Å². The van der Waals surface area contributed by atoms with Gasteiger partial charge in [0.1, 0.15) is 11.9 Å². The number of aryl methyl sites for hydroxylation is 2. The summed E-state index contributed by atoms with van der Waals surface area (Å²) < 4.78 is 13.4. The first-order valence-electron chi connectivity index (χ1n) is 11.0. The average molecular weight is 434 g/mol. The highest BCUT2D eigenvalue weighted by molar-refractivity contribution is 6.00. The van der Waals surface area contributed by atoms with Crippen molar-refractivity contribution >= 4 is 11.7 Å². The van der Waals surface area contributed by atoms with Gasteiger partial charge in [0.15, 0.2) is 17.2 Å². The number of likely N-dealkylation sites (tertiary alicyclic amines) is 1. The Morgan fingerprint density at radius 2 is 2.03 bits per heavy atom. The van der Waals surface area contributed by atoms with Crippen molar-refractivity contribution in [2.75, 3.05) is 13.1 Å². The molecule has 0 aliphatic carbocycles. The van der Waals surface area contributed by atoms with Crippen LogP contribution in [0.5, 0.6) is 5.75 Å². The molecule has 3 aromatic rings. The summed E-state index contributed by atoms with van der Waals surface area (Å²) in [5.74, 6) is 1.22. The first-order valence-corrected chi connectivity index (χ1v) is 11.0. The van der Waals surface area contributed by atoms with Gasteiger partial charge in [-0.25, -0.2) is 0 Å². The van der Waals surface area contributed by atoms with Crippen LogP contribution >= 0.6 is 0 Å². The highest BCUT2D eigenvalue weighted by Crippen LogP contribution is 2.34. The van der Waals surface area contributed by atoms with Crippen molar-refractivity contribution in [3.63, 3.8) is 0 Å². The van der Waals surface area contributed by atoms with Gasteiger partial charge in [0.2, 0.25) is 0 Å². The van der Waals surface area contributed by atoms with E-state index in [1.165, 1.54) is 0 Å². The maximum Gasteiger partial charge on any atom is 0.276 e. The number of fused-ring (bicyclic) bond motifs is 1. The van der Waals surface area contributed by atoms with Crippen LogP contribution in [0.4, 0.5) is 0 Å². The molecule has 2 unspecified atom stereocenters. The minimum atomic E-state index is -0.223. The van der Waals surface area contributed by atoms with E-state index in [1.807, 2.05) is 39.1 Å². The SMILES string of the molecule is Cc1ccc2c(c1)C(=O)CC(C1CCCN(C(=O)c3cc(-c4cnn(C)c4C)on3)C1)O2. The van der Waals surface area contributed by atoms with Gasteiger partial charge >= 0.3 is 0 Å². The second kappa shape index (κ2) is 7.93. The Kier molecular flexibility index (Phi) is 5.07. The van der Waals surface area contributed by atoms with Crippen molar-refractivity contribution in [2.24, 2.45) is 13.0 Å². The number of ether oxygens (including phenoxy) is 1. The number of amides is 1. The monoisotopic (exact) mass is 434 g/mol. The molecule has 0 spiro atoms. The summed E-state index contributed by atoms with van der Waals surface area (Å²) in [7, 11) is 1.85. The first-order chi connectivity index (χ1) is 15.4. The molecule has 166 valence electrons. The van der Waals surface area contributed by atoms with Crippen LogP contribution in [0, 0.1) is 19.8 Å². The van der Waals surface area contributed by atoms with E-state index in [4.69, 9.17) is 9.26 Å². The number of aromatic nitrogens is 3. The third-order valence-corrected chi connectivity index (χ3v) is 6.60. The van der Waals surface area contributed by atoms with Gasteiger partial charge in [0.05, 0.1) is 17.3 Å². The molecule has 2 aliphatic rings. The Labute approximate surface area is 186 Å². The van der Waals surface area contributed by atoms with E-state index in [1.54, 1.807) is 21.8 Å². The van der Waals surface area contributed by atoms with Crippen molar-refractivity contribution < 1.29 is 18.8 Å². The van der Waals surface area contributed by atoms with Gasteiger partial charge in [-0.3, -0.25) is 14.3 Å². The minimum Gasteiger partial charge on any atom is -0.489 e. The number of Topliss-reactive ketones (excluding diaryl/α,β-unsaturated/α-hetero) is 1. The molecule has 1 fully saturated rings. The summed E-state index contributed by atoms with van der Waals surface area (Å²) in [5, 5.41) is 8.23. The highest BCUT2D eigenvalue weighted by atomic mass is 16.5. The summed E-state index contributed by atoms with van der Waals surface area (Å²) in [4.78, 5) is 27.6. The molecule has 32 heavy (non-hydrogen) atoms. The predicted molar refractivity (Wildman–Crippen MR) is 117 cm³/mol. The number of carbonyl (C=O) groups excluding carboxylic acids is 2. The molecule has 0 bridgehead atoms. The molecule has 0 N–H and O–H groups in total. The molecular formula is C24H26N4O4. The zero-order valence-corrected chi connectivity index (χ0v) is 18.5. The largest absolute Gasteiger partial charge is 0.489 e. The Bertz CT molecular complexity index is 1190. The van der Waals surface area contributed by atoms with Crippen molar-refractivity contribution in [3.8, 4) is 17.1 Å². The molecule has 8 heteroatoms. The van der Waals surface area contributed by atoms with E-state index in [2.05, 4.69) is 10.3 Å². The zero-order valence-electron chi connectivity index (χ0n) is 18.5. The molecule has 0 saturated carbocycles. The Morgan fingerprint density at radius 1 is 1.19 bits per heavy atom. The van der Waals surface area contributed by atoms with Crippen molar-refractivity contribution in [1.82, 2.24) is 19.8 Å². The molecule has 2 aromatic heterocycles. The Morgan fingerprint density at radius 3 is 2.81 bits per heavy atom. The van der Waals surface area contributed by atoms with Crippen LogP contribution in [0.3, 0.4) is 0 Å². The number of rotatable bonds is 3. The van der Waals surface area contributed by atoms with Gasteiger partial charge < -0.3 is 14.2 Å². The second-order valence-electron chi connectivity index (χ2n) is 8.78.